The Kier molecular flexibility index (Phi) is 5.53. The zero-order chi connectivity index (χ0) is 16.0. The van der Waals surface area contributed by atoms with Crippen LogP contribution in [-0.2, 0) is 14.3 Å². The van der Waals surface area contributed by atoms with E-state index in [2.05, 4.69) is 5.32 Å². The number of amides is 1. The van der Waals surface area contributed by atoms with Crippen LogP contribution in [-0.4, -0.2) is 27.4 Å². The molecule has 118 valence electrons. The highest BCUT2D eigenvalue weighted by molar-refractivity contribution is 7.85. The summed E-state index contributed by atoms with van der Waals surface area (Å²) in [6.07, 6.45) is 0.277. The van der Waals surface area contributed by atoms with Gasteiger partial charge in [-0.05, 0) is 34.5 Å². The molecule has 0 spiro atoms. The Hall–Kier alpha value is -1.90. The number of benzene rings is 1. The molecule has 0 fully saturated rings. The second-order valence-corrected chi connectivity index (χ2v) is 6.87. The SMILES string of the molecule is CS(=O)(=O)OCC(NC(=O)Oc1ccccc1)c1ccsc1. The lowest BCUT2D eigenvalue weighted by atomic mass is 10.2. The summed E-state index contributed by atoms with van der Waals surface area (Å²) in [4.78, 5) is 11.9. The molecule has 8 heteroatoms. The topological polar surface area (TPSA) is 81.7 Å². The first-order valence-electron chi connectivity index (χ1n) is 6.34. The van der Waals surface area contributed by atoms with Crippen LogP contribution in [0.25, 0.3) is 0 Å². The van der Waals surface area contributed by atoms with Crippen molar-refractivity contribution in [3.63, 3.8) is 0 Å². The number of hydrogen-bond donors (Lipinski definition) is 1. The van der Waals surface area contributed by atoms with Gasteiger partial charge in [-0.1, -0.05) is 18.2 Å². The molecule has 1 unspecified atom stereocenters. The molecule has 0 bridgehead atoms. The molecule has 0 saturated carbocycles. The fraction of sp³-hybridized carbons (Fsp3) is 0.214. The van der Waals surface area contributed by atoms with E-state index in [-0.39, 0.29) is 6.61 Å². The first-order chi connectivity index (χ1) is 10.4. The monoisotopic (exact) mass is 341 g/mol. The maximum absolute atomic E-state index is 11.9. The lowest BCUT2D eigenvalue weighted by Gasteiger charge is -2.17. The van der Waals surface area contributed by atoms with Gasteiger partial charge in [0.1, 0.15) is 5.75 Å². The van der Waals surface area contributed by atoms with E-state index in [0.29, 0.717) is 5.75 Å². The Morgan fingerprint density at radius 1 is 1.27 bits per heavy atom. The lowest BCUT2D eigenvalue weighted by molar-refractivity contribution is 0.187. The molecule has 1 aromatic heterocycles. The fourth-order valence-electron chi connectivity index (χ4n) is 1.65. The molecule has 1 heterocycles. The highest BCUT2D eigenvalue weighted by Gasteiger charge is 2.19. The summed E-state index contributed by atoms with van der Waals surface area (Å²) >= 11 is 1.44. The number of carbonyl (C=O) groups is 1. The van der Waals surface area contributed by atoms with Crippen LogP contribution < -0.4 is 10.1 Å². The van der Waals surface area contributed by atoms with Gasteiger partial charge in [0.25, 0.3) is 10.1 Å². The van der Waals surface area contributed by atoms with Crippen molar-refractivity contribution in [1.29, 1.82) is 0 Å². The van der Waals surface area contributed by atoms with Gasteiger partial charge in [-0.25, -0.2) is 4.79 Å². The minimum atomic E-state index is -3.59. The van der Waals surface area contributed by atoms with Crippen molar-refractivity contribution in [1.82, 2.24) is 5.32 Å². The van der Waals surface area contributed by atoms with Gasteiger partial charge in [-0.3, -0.25) is 4.18 Å². The number of rotatable bonds is 6. The molecule has 0 aliphatic heterocycles. The van der Waals surface area contributed by atoms with Crippen LogP contribution in [0.3, 0.4) is 0 Å². The van der Waals surface area contributed by atoms with E-state index in [1.807, 2.05) is 5.38 Å². The van der Waals surface area contributed by atoms with E-state index >= 15 is 0 Å². The lowest BCUT2D eigenvalue weighted by Crippen LogP contribution is -2.34. The van der Waals surface area contributed by atoms with Gasteiger partial charge in [0.15, 0.2) is 0 Å². The van der Waals surface area contributed by atoms with Crippen LogP contribution in [0.2, 0.25) is 0 Å². The number of carbonyl (C=O) groups excluding carboxylic acids is 1. The van der Waals surface area contributed by atoms with Crippen molar-refractivity contribution in [3.8, 4) is 5.75 Å². The van der Waals surface area contributed by atoms with Crippen LogP contribution in [0.15, 0.2) is 47.2 Å². The summed E-state index contributed by atoms with van der Waals surface area (Å²) in [5, 5.41) is 6.23. The van der Waals surface area contributed by atoms with Gasteiger partial charge in [-0.2, -0.15) is 19.8 Å². The quantitative estimate of drug-likeness (QED) is 0.817. The molecule has 0 radical (unpaired) electrons. The standard InChI is InChI=1S/C14H15NO5S2/c1-22(17,18)19-9-13(11-7-8-21-10-11)15-14(16)20-12-5-3-2-4-6-12/h2-8,10,13H,9H2,1H3,(H,15,16). The zero-order valence-corrected chi connectivity index (χ0v) is 13.4. The smallest absolute Gasteiger partial charge is 0.410 e. The van der Waals surface area contributed by atoms with Crippen LogP contribution in [0.5, 0.6) is 5.75 Å². The minimum absolute atomic E-state index is 0.195. The molecule has 0 aliphatic carbocycles. The third-order valence-corrected chi connectivity index (χ3v) is 3.91. The first-order valence-corrected chi connectivity index (χ1v) is 9.10. The highest BCUT2D eigenvalue weighted by atomic mass is 32.2. The van der Waals surface area contributed by atoms with Crippen LogP contribution in [0.1, 0.15) is 11.6 Å². The summed E-state index contributed by atoms with van der Waals surface area (Å²) in [5.74, 6) is 0.396. The molecule has 1 N–H and O–H groups in total. The maximum atomic E-state index is 11.9. The maximum Gasteiger partial charge on any atom is 0.413 e. The minimum Gasteiger partial charge on any atom is -0.410 e. The summed E-state index contributed by atoms with van der Waals surface area (Å²) in [6, 6.07) is 9.75. The second kappa shape index (κ2) is 7.39. The number of ether oxygens (including phenoxy) is 1. The van der Waals surface area contributed by atoms with E-state index in [1.165, 1.54) is 11.3 Å². The van der Waals surface area contributed by atoms with Crippen molar-refractivity contribution in [2.45, 2.75) is 6.04 Å². The Balaban J connectivity index is 2.01. The summed E-state index contributed by atoms with van der Waals surface area (Å²) in [7, 11) is -3.59. The van der Waals surface area contributed by atoms with Gasteiger partial charge < -0.3 is 10.1 Å². The van der Waals surface area contributed by atoms with E-state index in [1.54, 1.807) is 41.8 Å². The Labute approximate surface area is 132 Å². The predicted molar refractivity (Wildman–Crippen MR) is 83.5 cm³/mol. The van der Waals surface area contributed by atoms with Gasteiger partial charge in [0, 0.05) is 0 Å². The van der Waals surface area contributed by atoms with Crippen molar-refractivity contribution >= 4 is 27.5 Å². The summed E-state index contributed by atoms with van der Waals surface area (Å²) < 4.78 is 32.1. The van der Waals surface area contributed by atoms with Crippen molar-refractivity contribution in [2.75, 3.05) is 12.9 Å². The van der Waals surface area contributed by atoms with Crippen LogP contribution >= 0.6 is 11.3 Å². The molecular weight excluding hydrogens is 326 g/mol. The summed E-state index contributed by atoms with van der Waals surface area (Å²) in [5.41, 5.74) is 0.749. The van der Waals surface area contributed by atoms with Crippen molar-refractivity contribution in [2.24, 2.45) is 0 Å². The van der Waals surface area contributed by atoms with Gasteiger partial charge >= 0.3 is 6.09 Å². The van der Waals surface area contributed by atoms with E-state index in [0.717, 1.165) is 11.8 Å². The normalized spacial score (nSPS) is 12.6. The molecule has 1 amide bonds. The van der Waals surface area contributed by atoms with Crippen molar-refractivity contribution in [3.05, 3.63) is 52.7 Å². The molecule has 0 aliphatic rings. The Bertz CT molecular complexity index is 698. The van der Waals surface area contributed by atoms with Gasteiger partial charge in [-0.15, -0.1) is 0 Å². The number of thiophene rings is 1. The van der Waals surface area contributed by atoms with Gasteiger partial charge in [0.2, 0.25) is 0 Å². The summed E-state index contributed by atoms with van der Waals surface area (Å²) in [6.45, 7) is -0.195. The molecule has 1 atom stereocenters. The molecule has 0 saturated heterocycles. The molecule has 22 heavy (non-hydrogen) atoms. The number of para-hydroxylation sites is 1. The number of hydrogen-bond acceptors (Lipinski definition) is 6. The Morgan fingerprint density at radius 3 is 2.59 bits per heavy atom. The largest absolute Gasteiger partial charge is 0.413 e. The zero-order valence-electron chi connectivity index (χ0n) is 11.8. The van der Waals surface area contributed by atoms with E-state index < -0.39 is 22.3 Å². The average molecular weight is 341 g/mol. The Morgan fingerprint density at radius 2 is 2.00 bits per heavy atom. The van der Waals surface area contributed by atoms with Gasteiger partial charge in [0.05, 0.1) is 18.9 Å². The number of nitrogens with one attached hydrogen (secondary N) is 1. The predicted octanol–water partition coefficient (Wildman–Crippen LogP) is 2.55. The molecular formula is C14H15NO5S2. The van der Waals surface area contributed by atoms with E-state index in [4.69, 9.17) is 8.92 Å². The first kappa shape index (κ1) is 16.5. The molecule has 2 rings (SSSR count). The molecule has 1 aromatic carbocycles. The highest BCUT2D eigenvalue weighted by Crippen LogP contribution is 2.18. The fourth-order valence-corrected chi connectivity index (χ4v) is 2.75. The third-order valence-electron chi connectivity index (χ3n) is 2.64. The third kappa shape index (κ3) is 5.47. The van der Waals surface area contributed by atoms with E-state index in [9.17, 15) is 13.2 Å². The second-order valence-electron chi connectivity index (χ2n) is 4.44. The molecule has 6 nitrogen and oxygen atoms in total. The van der Waals surface area contributed by atoms with Crippen LogP contribution in [0, 0.1) is 0 Å². The molecule has 2 aromatic rings. The van der Waals surface area contributed by atoms with Crippen LogP contribution in [0.4, 0.5) is 4.79 Å². The van der Waals surface area contributed by atoms with Crippen molar-refractivity contribution < 1.29 is 22.1 Å². The average Bonchev–Trinajstić information content (AvgIpc) is 2.97.